The SMILES string of the molecule is CC1C(=O)OC(=O)C1CC(C)(C)c1ccccc1. The fraction of sp³-hybridized carbons (Fsp3) is 0.467. The zero-order valence-corrected chi connectivity index (χ0v) is 11.0. The highest BCUT2D eigenvalue weighted by Crippen LogP contribution is 2.36. The standard InChI is InChI=1S/C15H18O3/c1-10-12(14(17)18-13(10)16)9-15(2,3)11-7-5-4-6-8-11/h4-8,10,12H,9H2,1-3H3. The number of carbonyl (C=O) groups excluding carboxylic acids is 2. The number of hydrogen-bond donors (Lipinski definition) is 0. The van der Waals surface area contributed by atoms with Gasteiger partial charge >= 0.3 is 11.9 Å². The molecule has 1 aromatic carbocycles. The van der Waals surface area contributed by atoms with Crippen LogP contribution in [0.15, 0.2) is 30.3 Å². The Morgan fingerprint density at radius 1 is 1.11 bits per heavy atom. The normalized spacial score (nSPS) is 24.2. The van der Waals surface area contributed by atoms with E-state index in [0.29, 0.717) is 6.42 Å². The molecule has 3 nitrogen and oxygen atoms in total. The topological polar surface area (TPSA) is 43.4 Å². The number of esters is 2. The molecule has 0 aliphatic carbocycles. The van der Waals surface area contributed by atoms with Gasteiger partial charge in [0.15, 0.2) is 0 Å². The Bertz CT molecular complexity index is 462. The number of cyclic esters (lactones) is 2. The average molecular weight is 246 g/mol. The van der Waals surface area contributed by atoms with Gasteiger partial charge in [-0.05, 0) is 17.4 Å². The third kappa shape index (κ3) is 2.30. The molecule has 2 atom stereocenters. The van der Waals surface area contributed by atoms with Gasteiger partial charge in [0, 0.05) is 0 Å². The van der Waals surface area contributed by atoms with Crippen molar-refractivity contribution in [3.8, 4) is 0 Å². The second kappa shape index (κ2) is 4.56. The van der Waals surface area contributed by atoms with E-state index in [1.54, 1.807) is 6.92 Å². The van der Waals surface area contributed by atoms with Crippen LogP contribution >= 0.6 is 0 Å². The van der Waals surface area contributed by atoms with Gasteiger partial charge in [0.2, 0.25) is 0 Å². The van der Waals surface area contributed by atoms with E-state index in [1.807, 2.05) is 30.3 Å². The summed E-state index contributed by atoms with van der Waals surface area (Å²) in [6, 6.07) is 10.0. The fourth-order valence-electron chi connectivity index (χ4n) is 2.45. The molecule has 3 heteroatoms. The van der Waals surface area contributed by atoms with Crippen molar-refractivity contribution in [2.45, 2.75) is 32.6 Å². The summed E-state index contributed by atoms with van der Waals surface area (Å²) >= 11 is 0. The lowest BCUT2D eigenvalue weighted by Gasteiger charge is -2.28. The Labute approximate surface area is 107 Å². The third-order valence-electron chi connectivity index (χ3n) is 3.76. The zero-order valence-electron chi connectivity index (χ0n) is 11.0. The minimum Gasteiger partial charge on any atom is -0.393 e. The van der Waals surface area contributed by atoms with Crippen molar-refractivity contribution in [1.82, 2.24) is 0 Å². The molecular formula is C15H18O3. The smallest absolute Gasteiger partial charge is 0.317 e. The van der Waals surface area contributed by atoms with Crippen LogP contribution in [0.1, 0.15) is 32.8 Å². The van der Waals surface area contributed by atoms with Gasteiger partial charge in [0.25, 0.3) is 0 Å². The first-order valence-electron chi connectivity index (χ1n) is 6.23. The maximum Gasteiger partial charge on any atom is 0.317 e. The summed E-state index contributed by atoms with van der Waals surface area (Å²) in [5, 5.41) is 0. The Kier molecular flexibility index (Phi) is 3.24. The fourth-order valence-corrected chi connectivity index (χ4v) is 2.45. The van der Waals surface area contributed by atoms with Gasteiger partial charge in [-0.25, -0.2) is 0 Å². The van der Waals surface area contributed by atoms with Gasteiger partial charge in [-0.3, -0.25) is 9.59 Å². The van der Waals surface area contributed by atoms with Crippen molar-refractivity contribution in [3.63, 3.8) is 0 Å². The number of ether oxygens (including phenoxy) is 1. The molecule has 1 fully saturated rings. The molecule has 1 aromatic rings. The third-order valence-corrected chi connectivity index (χ3v) is 3.76. The Hall–Kier alpha value is -1.64. The summed E-state index contributed by atoms with van der Waals surface area (Å²) in [6.45, 7) is 5.94. The van der Waals surface area contributed by atoms with Gasteiger partial charge in [-0.1, -0.05) is 51.1 Å². The van der Waals surface area contributed by atoms with Gasteiger partial charge < -0.3 is 4.74 Å². The largest absolute Gasteiger partial charge is 0.393 e. The molecule has 2 rings (SSSR count). The Morgan fingerprint density at radius 2 is 1.72 bits per heavy atom. The molecule has 1 heterocycles. The predicted molar refractivity (Wildman–Crippen MR) is 67.8 cm³/mol. The van der Waals surface area contributed by atoms with Crippen molar-refractivity contribution in [2.75, 3.05) is 0 Å². The molecule has 0 spiro atoms. The van der Waals surface area contributed by atoms with Crippen LogP contribution in [0, 0.1) is 11.8 Å². The van der Waals surface area contributed by atoms with Gasteiger partial charge in [0.1, 0.15) is 0 Å². The van der Waals surface area contributed by atoms with Gasteiger partial charge in [0.05, 0.1) is 11.8 Å². The summed E-state index contributed by atoms with van der Waals surface area (Å²) in [7, 11) is 0. The van der Waals surface area contributed by atoms with Crippen molar-refractivity contribution in [1.29, 1.82) is 0 Å². The first-order valence-corrected chi connectivity index (χ1v) is 6.23. The van der Waals surface area contributed by atoms with Crippen LogP contribution in [0.3, 0.4) is 0 Å². The summed E-state index contributed by atoms with van der Waals surface area (Å²) in [5.74, 6) is -1.43. The van der Waals surface area contributed by atoms with E-state index in [0.717, 1.165) is 0 Å². The highest BCUT2D eigenvalue weighted by molar-refractivity contribution is 5.96. The molecule has 0 N–H and O–H groups in total. The van der Waals surface area contributed by atoms with E-state index < -0.39 is 5.97 Å². The maximum atomic E-state index is 11.7. The number of carbonyl (C=O) groups is 2. The van der Waals surface area contributed by atoms with Crippen LogP contribution in [0.4, 0.5) is 0 Å². The lowest BCUT2D eigenvalue weighted by molar-refractivity contribution is -0.153. The van der Waals surface area contributed by atoms with Crippen molar-refractivity contribution >= 4 is 11.9 Å². The van der Waals surface area contributed by atoms with Crippen LogP contribution in [-0.4, -0.2) is 11.9 Å². The summed E-state index contributed by atoms with van der Waals surface area (Å²) < 4.78 is 4.69. The van der Waals surface area contributed by atoms with Crippen molar-refractivity contribution in [2.24, 2.45) is 11.8 Å². The van der Waals surface area contributed by atoms with E-state index in [1.165, 1.54) is 5.56 Å². The van der Waals surface area contributed by atoms with E-state index in [9.17, 15) is 9.59 Å². The highest BCUT2D eigenvalue weighted by atomic mass is 16.6. The van der Waals surface area contributed by atoms with Gasteiger partial charge in [-0.15, -0.1) is 0 Å². The van der Waals surface area contributed by atoms with E-state index in [4.69, 9.17) is 0 Å². The molecular weight excluding hydrogens is 228 g/mol. The monoisotopic (exact) mass is 246 g/mol. The summed E-state index contributed by atoms with van der Waals surface area (Å²) in [4.78, 5) is 23.0. The lowest BCUT2D eigenvalue weighted by atomic mass is 9.74. The first kappa shape index (κ1) is 12.8. The number of hydrogen-bond acceptors (Lipinski definition) is 3. The molecule has 96 valence electrons. The molecule has 18 heavy (non-hydrogen) atoms. The predicted octanol–water partition coefficient (Wildman–Crippen LogP) is 2.69. The van der Waals surface area contributed by atoms with Crippen LogP contribution in [0.2, 0.25) is 0 Å². The Morgan fingerprint density at radius 3 is 2.22 bits per heavy atom. The quantitative estimate of drug-likeness (QED) is 0.608. The molecule has 0 radical (unpaired) electrons. The average Bonchev–Trinajstić information content (AvgIpc) is 2.57. The molecule has 1 aliphatic rings. The summed E-state index contributed by atoms with van der Waals surface area (Å²) in [6.07, 6.45) is 0.628. The van der Waals surface area contributed by atoms with Crippen molar-refractivity contribution in [3.05, 3.63) is 35.9 Å². The summed E-state index contributed by atoms with van der Waals surface area (Å²) in [5.41, 5.74) is 1.02. The first-order chi connectivity index (χ1) is 8.42. The van der Waals surface area contributed by atoms with E-state index >= 15 is 0 Å². The Balaban J connectivity index is 2.18. The molecule has 0 aromatic heterocycles. The molecule has 1 saturated heterocycles. The second-order valence-corrected chi connectivity index (χ2v) is 5.59. The minimum absolute atomic E-state index is 0.149. The lowest BCUT2D eigenvalue weighted by Crippen LogP contribution is -2.27. The zero-order chi connectivity index (χ0) is 13.3. The maximum absolute atomic E-state index is 11.7. The van der Waals surface area contributed by atoms with E-state index in [-0.39, 0.29) is 23.2 Å². The van der Waals surface area contributed by atoms with Crippen molar-refractivity contribution < 1.29 is 14.3 Å². The minimum atomic E-state index is -0.395. The second-order valence-electron chi connectivity index (χ2n) is 5.59. The van der Waals surface area contributed by atoms with Crippen LogP contribution in [-0.2, 0) is 19.7 Å². The molecule has 0 amide bonds. The van der Waals surface area contributed by atoms with Crippen LogP contribution < -0.4 is 0 Å². The van der Waals surface area contributed by atoms with Crippen LogP contribution in [0.5, 0.6) is 0 Å². The highest BCUT2D eigenvalue weighted by Gasteiger charge is 2.43. The molecule has 0 saturated carbocycles. The van der Waals surface area contributed by atoms with Gasteiger partial charge in [-0.2, -0.15) is 0 Å². The van der Waals surface area contributed by atoms with E-state index in [2.05, 4.69) is 18.6 Å². The number of benzene rings is 1. The molecule has 0 bridgehead atoms. The van der Waals surface area contributed by atoms with Crippen LogP contribution in [0.25, 0.3) is 0 Å². The molecule has 2 unspecified atom stereocenters. The molecule has 1 aliphatic heterocycles. The number of rotatable bonds is 3.